The second kappa shape index (κ2) is 8.64. The molecule has 3 aromatic carbocycles. The molecule has 3 aromatic rings. The first-order valence-electron chi connectivity index (χ1n) is 8.41. The molecule has 4 nitrogen and oxygen atoms in total. The number of aryl methyl sites for hydroxylation is 1. The third kappa shape index (κ3) is 4.40. The second-order valence-corrected chi connectivity index (χ2v) is 12.4. The second-order valence-electron chi connectivity index (χ2n) is 6.08. The molecule has 0 unspecified atom stereocenters. The maximum absolute atomic E-state index is 14.1. The van der Waals surface area contributed by atoms with E-state index in [1.165, 1.54) is 12.1 Å². The van der Waals surface area contributed by atoms with Crippen molar-refractivity contribution >= 4 is 50.5 Å². The molecule has 0 radical (unpaired) electrons. The number of benzene rings is 3. The van der Waals surface area contributed by atoms with Gasteiger partial charge in [0.05, 0.1) is 3.32 Å². The molecule has 0 N–H and O–H groups in total. The summed E-state index contributed by atoms with van der Waals surface area (Å²) in [4.78, 5) is 0.0489. The monoisotopic (exact) mass is 524 g/mol. The summed E-state index contributed by atoms with van der Waals surface area (Å²) in [6.45, 7) is 1.87. The lowest BCUT2D eigenvalue weighted by molar-refractivity contribution is 0.443. The van der Waals surface area contributed by atoms with Crippen molar-refractivity contribution in [3.8, 4) is 0 Å². The van der Waals surface area contributed by atoms with E-state index in [0.29, 0.717) is 13.9 Å². The summed E-state index contributed by atoms with van der Waals surface area (Å²) in [5.74, 6) is 0. The topological polar surface area (TPSA) is 60.4 Å². The van der Waals surface area contributed by atoms with Crippen molar-refractivity contribution in [1.82, 2.24) is 0 Å². The number of rotatable bonds is 6. The maximum atomic E-state index is 14.1. The Morgan fingerprint density at radius 3 is 1.79 bits per heavy atom. The third-order valence-electron chi connectivity index (χ3n) is 4.12. The molecule has 28 heavy (non-hydrogen) atoms. The highest BCUT2D eigenvalue weighted by Gasteiger charge is 2.31. The van der Waals surface area contributed by atoms with Gasteiger partial charge in [-0.15, -0.1) is 0 Å². The van der Waals surface area contributed by atoms with Crippen molar-refractivity contribution in [2.24, 2.45) is 0 Å². The van der Waals surface area contributed by atoms with Gasteiger partial charge in [-0.05, 0) is 41.6 Å². The molecular weight excluding hydrogens is 506 g/mol. The van der Waals surface area contributed by atoms with E-state index in [0.717, 1.165) is 11.8 Å². The average molecular weight is 524 g/mol. The maximum Gasteiger partial charge on any atom is 0.338 e. The van der Waals surface area contributed by atoms with Crippen molar-refractivity contribution in [3.63, 3.8) is 0 Å². The van der Waals surface area contributed by atoms with Crippen LogP contribution in [0, 0.1) is 6.92 Å². The highest BCUT2D eigenvalue weighted by molar-refractivity contribution is 14.1. The fourth-order valence-corrected chi connectivity index (χ4v) is 7.63. The first-order chi connectivity index (χ1) is 13.3. The van der Waals surface area contributed by atoms with Gasteiger partial charge in [0.25, 0.3) is 0 Å². The molecule has 0 spiro atoms. The van der Waals surface area contributed by atoms with Gasteiger partial charge < -0.3 is 8.75 Å². The van der Waals surface area contributed by atoms with Crippen LogP contribution in [0.5, 0.6) is 0 Å². The summed E-state index contributed by atoms with van der Waals surface area (Å²) in [5.41, 5.74) is 0.946. The Kier molecular flexibility index (Phi) is 6.43. The predicted molar refractivity (Wildman–Crippen MR) is 121 cm³/mol. The smallest absolute Gasteiger partial charge is 0.338 e. The normalized spacial score (nSPS) is 12.6. The van der Waals surface area contributed by atoms with E-state index in [4.69, 9.17) is 4.18 Å². The van der Waals surface area contributed by atoms with E-state index in [1.54, 1.807) is 60.7 Å². The highest BCUT2D eigenvalue weighted by atomic mass is 127. The van der Waals surface area contributed by atoms with Crippen LogP contribution in [0.4, 0.5) is 0 Å². The Balaban J connectivity index is 2.02. The van der Waals surface area contributed by atoms with Gasteiger partial charge in [0.15, 0.2) is 7.14 Å². The lowest BCUT2D eigenvalue weighted by Gasteiger charge is -2.18. The van der Waals surface area contributed by atoms with Crippen molar-refractivity contribution in [1.29, 1.82) is 0 Å². The van der Waals surface area contributed by atoms with E-state index in [2.05, 4.69) is 0 Å². The molecule has 0 aliphatic carbocycles. The lowest BCUT2D eigenvalue weighted by atomic mass is 10.2. The molecule has 0 saturated carbocycles. The number of hydrogen-bond acceptors (Lipinski definition) is 4. The highest BCUT2D eigenvalue weighted by Crippen LogP contribution is 2.55. The van der Waals surface area contributed by atoms with Gasteiger partial charge in [0.1, 0.15) is 11.2 Å². The van der Waals surface area contributed by atoms with E-state index in [-0.39, 0.29) is 4.90 Å². The Hall–Kier alpha value is -1.89. The molecule has 144 valence electrons. The van der Waals surface area contributed by atoms with Crippen LogP contribution >= 0.6 is 29.7 Å². The number of halogens is 1. The zero-order valence-corrected chi connectivity index (χ0v) is 18.9. The molecule has 7 heteroatoms. The van der Waals surface area contributed by atoms with Crippen LogP contribution in [0.1, 0.15) is 5.56 Å². The molecule has 0 fully saturated rings. The summed E-state index contributed by atoms with van der Waals surface area (Å²) in [7, 11) is -7.24. The van der Waals surface area contributed by atoms with Gasteiger partial charge in [-0.25, -0.2) is 0 Å². The quantitative estimate of drug-likeness (QED) is 0.198. The van der Waals surface area contributed by atoms with Crippen LogP contribution in [0.15, 0.2) is 99.4 Å². The molecule has 0 aliphatic heterocycles. The molecule has 0 heterocycles. The van der Waals surface area contributed by atoms with Gasteiger partial charge in [0.2, 0.25) is 0 Å². The van der Waals surface area contributed by atoms with Gasteiger partial charge in [0, 0.05) is 10.6 Å². The largest absolute Gasteiger partial charge is 0.386 e. The SMILES string of the molecule is Cc1ccc(S(=O)(=O)O/C=C(/I)P(=O)(c2ccccc2)c2ccccc2)cc1. The first-order valence-corrected chi connectivity index (χ1v) is 12.6. The fourth-order valence-electron chi connectivity index (χ4n) is 2.61. The van der Waals surface area contributed by atoms with Crippen LogP contribution in [0.25, 0.3) is 0 Å². The fraction of sp³-hybridized carbons (Fsp3) is 0.0476. The Bertz CT molecular complexity index is 1080. The summed E-state index contributed by atoms with van der Waals surface area (Å²) in [5, 5.41) is 1.22. The summed E-state index contributed by atoms with van der Waals surface area (Å²) in [6.07, 6.45) is 1.08. The zero-order chi connectivity index (χ0) is 20.2. The number of hydrogen-bond donors (Lipinski definition) is 0. The van der Waals surface area contributed by atoms with Gasteiger partial charge in [-0.2, -0.15) is 8.42 Å². The lowest BCUT2D eigenvalue weighted by Crippen LogP contribution is -2.16. The van der Waals surface area contributed by atoms with Crippen LogP contribution in [-0.4, -0.2) is 8.42 Å². The van der Waals surface area contributed by atoms with Gasteiger partial charge in [-0.1, -0.05) is 78.4 Å². The zero-order valence-electron chi connectivity index (χ0n) is 15.0. The molecule has 0 bridgehead atoms. The van der Waals surface area contributed by atoms with E-state index in [1.807, 2.05) is 41.6 Å². The molecule has 0 saturated heterocycles. The minimum Gasteiger partial charge on any atom is -0.386 e. The Labute approximate surface area is 178 Å². The Morgan fingerprint density at radius 1 is 0.857 bits per heavy atom. The molecule has 0 aliphatic rings. The predicted octanol–water partition coefficient (Wildman–Crippen LogP) is 4.95. The molecule has 3 rings (SSSR count). The van der Waals surface area contributed by atoms with Crippen molar-refractivity contribution < 1.29 is 17.2 Å². The van der Waals surface area contributed by atoms with Crippen LogP contribution in [0.2, 0.25) is 0 Å². The van der Waals surface area contributed by atoms with Crippen molar-refractivity contribution in [2.45, 2.75) is 11.8 Å². The first kappa shape index (κ1) is 20.8. The van der Waals surface area contributed by atoms with Crippen molar-refractivity contribution in [3.05, 3.63) is 100 Å². The Morgan fingerprint density at radius 2 is 1.32 bits per heavy atom. The third-order valence-corrected chi connectivity index (χ3v) is 10.4. The van der Waals surface area contributed by atoms with Crippen LogP contribution < -0.4 is 10.6 Å². The van der Waals surface area contributed by atoms with Gasteiger partial charge >= 0.3 is 10.1 Å². The molecule has 0 amide bonds. The molecule has 0 atom stereocenters. The van der Waals surface area contributed by atoms with E-state index < -0.39 is 17.3 Å². The summed E-state index contributed by atoms with van der Waals surface area (Å²) in [6, 6.07) is 24.4. The van der Waals surface area contributed by atoms with Crippen LogP contribution in [0.3, 0.4) is 0 Å². The molecule has 0 aromatic heterocycles. The average Bonchev–Trinajstić information content (AvgIpc) is 2.73. The van der Waals surface area contributed by atoms with Gasteiger partial charge in [-0.3, -0.25) is 0 Å². The van der Waals surface area contributed by atoms with Crippen molar-refractivity contribution in [2.75, 3.05) is 0 Å². The minimum atomic E-state index is -4.00. The molecular formula is C21H18IO4PS. The standard InChI is InChI=1S/C21H18IO4PS/c1-17-12-14-20(15-13-17)28(24,25)26-16-21(22)27(23,18-8-4-2-5-9-18)19-10-6-3-7-11-19/h2-16H,1H3/b21-16-. The minimum absolute atomic E-state index is 0.0489. The summed E-state index contributed by atoms with van der Waals surface area (Å²) >= 11 is 1.90. The summed E-state index contributed by atoms with van der Waals surface area (Å²) < 4.78 is 44.5. The van der Waals surface area contributed by atoms with E-state index >= 15 is 0 Å². The van der Waals surface area contributed by atoms with Crippen LogP contribution in [-0.2, 0) is 18.9 Å². The van der Waals surface area contributed by atoms with E-state index in [9.17, 15) is 13.0 Å².